The highest BCUT2D eigenvalue weighted by molar-refractivity contribution is 5.71. The number of carbonyl (C=O) groups is 1. The maximum absolute atomic E-state index is 11.8. The molecule has 4 unspecified atom stereocenters. The van der Waals surface area contributed by atoms with E-state index in [0.29, 0.717) is 12.3 Å². The van der Waals surface area contributed by atoms with Crippen LogP contribution in [0.25, 0.3) is 0 Å². The quantitative estimate of drug-likeness (QED) is 0.500. The van der Waals surface area contributed by atoms with Crippen molar-refractivity contribution in [1.29, 1.82) is 0 Å². The average molecular weight is 270 g/mol. The van der Waals surface area contributed by atoms with Crippen molar-refractivity contribution in [2.24, 2.45) is 17.8 Å². The Kier molecular flexibility index (Phi) is 2.93. The predicted octanol–water partition coefficient (Wildman–Crippen LogP) is 2.39. The summed E-state index contributed by atoms with van der Waals surface area (Å²) in [6.45, 7) is 7.85. The van der Waals surface area contributed by atoms with E-state index < -0.39 is 17.7 Å². The minimum Gasteiger partial charge on any atom is -0.432 e. The molecule has 0 aromatic rings. The van der Waals surface area contributed by atoms with Gasteiger partial charge in [-0.3, -0.25) is 4.79 Å². The molecule has 0 aromatic heterocycles. The number of rotatable bonds is 0. The van der Waals surface area contributed by atoms with E-state index in [1.807, 2.05) is 0 Å². The fourth-order valence-electron chi connectivity index (χ4n) is 3.63. The molecule has 3 rings (SSSR count). The van der Waals surface area contributed by atoms with E-state index in [9.17, 15) is 4.79 Å². The lowest BCUT2D eigenvalue weighted by Gasteiger charge is -2.57. The first kappa shape index (κ1) is 13.3. The van der Waals surface area contributed by atoms with Crippen LogP contribution in [0.15, 0.2) is 0 Å². The summed E-state index contributed by atoms with van der Waals surface area (Å²) in [6, 6.07) is 0. The summed E-state index contributed by atoms with van der Waals surface area (Å²) >= 11 is 0. The molecule has 0 N–H and O–H groups in total. The third kappa shape index (κ3) is 1.90. The van der Waals surface area contributed by atoms with Crippen molar-refractivity contribution in [3.63, 3.8) is 0 Å². The van der Waals surface area contributed by atoms with E-state index in [1.54, 1.807) is 13.8 Å². The summed E-state index contributed by atoms with van der Waals surface area (Å²) in [4.78, 5) is 23.0. The summed E-state index contributed by atoms with van der Waals surface area (Å²) in [6.07, 6.45) is 1.77. The Labute approximate surface area is 113 Å². The van der Waals surface area contributed by atoms with Crippen LogP contribution in [0, 0.1) is 17.8 Å². The van der Waals surface area contributed by atoms with E-state index in [-0.39, 0.29) is 17.8 Å². The minimum absolute atomic E-state index is 0.112. The zero-order valence-electron chi connectivity index (χ0n) is 12.0. The molecule has 5 atom stereocenters. The normalized spacial score (nSPS) is 48.9. The van der Waals surface area contributed by atoms with Gasteiger partial charge in [0.05, 0.1) is 6.42 Å². The Balaban J connectivity index is 1.98. The highest BCUT2D eigenvalue weighted by Gasteiger charge is 2.64. The molecule has 1 saturated carbocycles. The van der Waals surface area contributed by atoms with E-state index in [0.717, 1.165) is 12.8 Å². The summed E-state index contributed by atoms with van der Waals surface area (Å²) in [5.41, 5.74) is -0.652. The van der Waals surface area contributed by atoms with Gasteiger partial charge in [-0.1, -0.05) is 13.8 Å². The second-order valence-corrected chi connectivity index (χ2v) is 6.60. The third-order valence-electron chi connectivity index (χ3n) is 4.97. The number of esters is 1. The van der Waals surface area contributed by atoms with Gasteiger partial charge >= 0.3 is 5.97 Å². The highest BCUT2D eigenvalue weighted by atomic mass is 17.3. The van der Waals surface area contributed by atoms with Crippen molar-refractivity contribution in [1.82, 2.24) is 0 Å². The van der Waals surface area contributed by atoms with Crippen LogP contribution < -0.4 is 0 Å². The molecule has 2 saturated heterocycles. The molecule has 0 amide bonds. The molecule has 19 heavy (non-hydrogen) atoms. The summed E-state index contributed by atoms with van der Waals surface area (Å²) < 4.78 is 11.3. The van der Waals surface area contributed by atoms with Crippen LogP contribution in [0.2, 0.25) is 0 Å². The Morgan fingerprint density at radius 2 is 1.89 bits per heavy atom. The second kappa shape index (κ2) is 4.17. The standard InChI is InChI=1S/C14H22O5/c1-8-5-6-10-7-11(15)16-12-14(10,9(8)2)19-18-13(3,4)17-12/h8-10,12H,5-7H2,1-4H3/t8?,9?,10?,12-,14?/m0/s1. The zero-order valence-corrected chi connectivity index (χ0v) is 12.0. The van der Waals surface area contributed by atoms with Crippen LogP contribution in [-0.4, -0.2) is 23.6 Å². The van der Waals surface area contributed by atoms with Crippen molar-refractivity contribution >= 4 is 5.97 Å². The molecular formula is C14H22O5. The zero-order chi connectivity index (χ0) is 13.8. The average Bonchev–Trinajstić information content (AvgIpc) is 2.32. The van der Waals surface area contributed by atoms with Crippen molar-refractivity contribution in [2.45, 2.75) is 64.6 Å². The van der Waals surface area contributed by atoms with E-state index >= 15 is 0 Å². The maximum atomic E-state index is 11.8. The fourth-order valence-corrected chi connectivity index (χ4v) is 3.63. The Hall–Kier alpha value is -0.650. The number of hydrogen-bond donors (Lipinski definition) is 0. The van der Waals surface area contributed by atoms with Crippen LogP contribution in [0.5, 0.6) is 0 Å². The van der Waals surface area contributed by atoms with Gasteiger partial charge in [-0.25, -0.2) is 9.78 Å². The van der Waals surface area contributed by atoms with Gasteiger partial charge in [0.2, 0.25) is 6.29 Å². The minimum atomic E-state index is -0.890. The fraction of sp³-hybridized carbons (Fsp3) is 0.929. The van der Waals surface area contributed by atoms with Crippen LogP contribution in [0.3, 0.4) is 0 Å². The number of carbonyl (C=O) groups excluding carboxylic acids is 1. The predicted molar refractivity (Wildman–Crippen MR) is 65.6 cm³/mol. The van der Waals surface area contributed by atoms with Gasteiger partial charge < -0.3 is 9.47 Å². The van der Waals surface area contributed by atoms with Crippen molar-refractivity contribution in [3.05, 3.63) is 0 Å². The molecule has 2 heterocycles. The number of ether oxygens (including phenoxy) is 2. The smallest absolute Gasteiger partial charge is 0.308 e. The molecular weight excluding hydrogens is 248 g/mol. The first-order valence-corrected chi connectivity index (χ1v) is 7.09. The molecule has 2 aliphatic heterocycles. The maximum Gasteiger partial charge on any atom is 0.308 e. The lowest BCUT2D eigenvalue weighted by atomic mass is 9.62. The Morgan fingerprint density at radius 1 is 1.16 bits per heavy atom. The molecule has 0 aromatic carbocycles. The molecule has 1 aliphatic carbocycles. The summed E-state index contributed by atoms with van der Waals surface area (Å²) in [7, 11) is 0. The molecule has 5 heteroatoms. The second-order valence-electron chi connectivity index (χ2n) is 6.60. The molecule has 3 aliphatic rings. The summed E-state index contributed by atoms with van der Waals surface area (Å²) in [5, 5.41) is 0. The van der Waals surface area contributed by atoms with Gasteiger partial charge in [0.1, 0.15) is 0 Å². The van der Waals surface area contributed by atoms with Crippen LogP contribution in [0.4, 0.5) is 0 Å². The monoisotopic (exact) mass is 270 g/mol. The van der Waals surface area contributed by atoms with Gasteiger partial charge in [-0.05, 0) is 38.5 Å². The third-order valence-corrected chi connectivity index (χ3v) is 4.97. The van der Waals surface area contributed by atoms with Gasteiger partial charge in [0.25, 0.3) is 0 Å². The van der Waals surface area contributed by atoms with Crippen LogP contribution in [-0.2, 0) is 24.0 Å². The van der Waals surface area contributed by atoms with Crippen LogP contribution in [0.1, 0.15) is 47.0 Å². The molecule has 1 spiro atoms. The lowest BCUT2D eigenvalue weighted by Crippen LogP contribution is -2.68. The lowest BCUT2D eigenvalue weighted by molar-refractivity contribution is -0.562. The van der Waals surface area contributed by atoms with Crippen molar-refractivity contribution in [3.8, 4) is 0 Å². The van der Waals surface area contributed by atoms with Gasteiger partial charge in [0, 0.05) is 5.92 Å². The van der Waals surface area contributed by atoms with E-state index in [4.69, 9.17) is 19.2 Å². The molecule has 0 radical (unpaired) electrons. The molecule has 5 nitrogen and oxygen atoms in total. The van der Waals surface area contributed by atoms with Gasteiger partial charge in [-0.2, -0.15) is 0 Å². The molecule has 0 bridgehead atoms. The molecule has 108 valence electrons. The SMILES string of the molecule is CC1CCC2CC(=O)O[C@H]3OC(C)(C)OOC23C1C. The Morgan fingerprint density at radius 3 is 2.63 bits per heavy atom. The first-order valence-electron chi connectivity index (χ1n) is 7.09. The number of hydrogen-bond acceptors (Lipinski definition) is 5. The summed E-state index contributed by atoms with van der Waals surface area (Å²) in [5.74, 6) is -0.266. The van der Waals surface area contributed by atoms with Crippen molar-refractivity contribution < 1.29 is 24.0 Å². The van der Waals surface area contributed by atoms with Crippen LogP contribution >= 0.6 is 0 Å². The molecule has 3 fully saturated rings. The van der Waals surface area contributed by atoms with E-state index in [1.165, 1.54) is 0 Å². The largest absolute Gasteiger partial charge is 0.432 e. The van der Waals surface area contributed by atoms with Gasteiger partial charge in [0.15, 0.2) is 11.4 Å². The highest BCUT2D eigenvalue weighted by Crippen LogP contribution is 2.53. The van der Waals surface area contributed by atoms with Crippen molar-refractivity contribution in [2.75, 3.05) is 0 Å². The topological polar surface area (TPSA) is 54.0 Å². The first-order chi connectivity index (χ1) is 8.85. The van der Waals surface area contributed by atoms with E-state index in [2.05, 4.69) is 13.8 Å². The Bertz CT molecular complexity index is 393. The van der Waals surface area contributed by atoms with Gasteiger partial charge in [-0.15, -0.1) is 0 Å².